The first kappa shape index (κ1) is 23.5. The van der Waals surface area contributed by atoms with Crippen LogP contribution in [0.1, 0.15) is 21.7 Å². The van der Waals surface area contributed by atoms with E-state index in [0.717, 1.165) is 24.3 Å². The quantitative estimate of drug-likeness (QED) is 0.537. The molecule has 3 rings (SSSR count). The average Bonchev–Trinajstić information content (AvgIpc) is 3.15. The van der Waals surface area contributed by atoms with Crippen LogP contribution in [0.5, 0.6) is 0 Å². The molecule has 166 valence electrons. The molecular formula is C17H7Cl2F4N5O3S. The van der Waals surface area contributed by atoms with Gasteiger partial charge in [-0.1, -0.05) is 28.4 Å². The molecule has 1 amide bonds. The van der Waals surface area contributed by atoms with Crippen LogP contribution in [0, 0.1) is 17.1 Å². The fraction of sp³-hybridized carbons (Fsp3) is 0.0588. The smallest absolute Gasteiger partial charge is 0.266 e. The minimum absolute atomic E-state index is 0.0234. The summed E-state index contributed by atoms with van der Waals surface area (Å²) in [6.45, 7) is 0. The molecule has 3 aromatic rings. The molecule has 1 heterocycles. The van der Waals surface area contributed by atoms with Crippen LogP contribution < -0.4 is 4.72 Å². The van der Waals surface area contributed by atoms with Crippen LogP contribution >= 0.6 is 23.2 Å². The largest absolute Gasteiger partial charge is 0.435 e. The third-order valence-corrected chi connectivity index (χ3v) is 5.92. The second-order valence-corrected chi connectivity index (χ2v) is 8.48. The van der Waals surface area contributed by atoms with E-state index in [-0.39, 0.29) is 20.3 Å². The molecule has 0 saturated carbocycles. The normalized spacial score (nSPS) is 11.8. The molecule has 0 bridgehead atoms. The lowest BCUT2D eigenvalue weighted by Crippen LogP contribution is -2.33. The van der Waals surface area contributed by atoms with Gasteiger partial charge in [0.2, 0.25) is 0 Å². The fourth-order valence-corrected chi connectivity index (χ4v) is 4.23. The van der Waals surface area contributed by atoms with Crippen LogP contribution in [0.3, 0.4) is 0 Å². The summed E-state index contributed by atoms with van der Waals surface area (Å²) in [5, 5.41) is 14.6. The predicted octanol–water partition coefficient (Wildman–Crippen LogP) is 3.72. The highest BCUT2D eigenvalue weighted by Crippen LogP contribution is 2.34. The Kier molecular flexibility index (Phi) is 6.14. The van der Waals surface area contributed by atoms with Gasteiger partial charge in [-0.15, -0.1) is 5.10 Å². The summed E-state index contributed by atoms with van der Waals surface area (Å²) < 4.78 is 81.6. The first-order valence-corrected chi connectivity index (χ1v) is 10.3. The first-order valence-electron chi connectivity index (χ1n) is 8.10. The van der Waals surface area contributed by atoms with Crippen molar-refractivity contribution in [2.24, 2.45) is 0 Å². The van der Waals surface area contributed by atoms with Crippen molar-refractivity contribution in [2.45, 2.75) is 11.1 Å². The van der Waals surface area contributed by atoms with Crippen LogP contribution in [0.4, 0.5) is 17.6 Å². The van der Waals surface area contributed by atoms with E-state index >= 15 is 0 Å². The van der Waals surface area contributed by atoms with Crippen molar-refractivity contribution >= 4 is 39.1 Å². The van der Waals surface area contributed by atoms with Gasteiger partial charge in [0.05, 0.1) is 16.7 Å². The summed E-state index contributed by atoms with van der Waals surface area (Å²) >= 11 is 11.5. The van der Waals surface area contributed by atoms with Crippen molar-refractivity contribution in [3.63, 3.8) is 0 Å². The number of nitriles is 1. The van der Waals surface area contributed by atoms with Gasteiger partial charge in [0.1, 0.15) is 16.4 Å². The number of halogens is 6. The van der Waals surface area contributed by atoms with E-state index in [9.17, 15) is 30.8 Å². The molecule has 1 N–H and O–H groups in total. The molecule has 0 saturated heterocycles. The number of carbonyl (C=O) groups excluding carboxylic acids is 1. The average molecular weight is 508 g/mol. The molecule has 0 unspecified atom stereocenters. The molecule has 0 aliphatic heterocycles. The molecule has 2 aromatic carbocycles. The van der Waals surface area contributed by atoms with Crippen LogP contribution in [-0.4, -0.2) is 29.3 Å². The van der Waals surface area contributed by atoms with Gasteiger partial charge in [0, 0.05) is 5.02 Å². The van der Waals surface area contributed by atoms with Gasteiger partial charge in [0.15, 0.2) is 11.4 Å². The zero-order valence-corrected chi connectivity index (χ0v) is 17.5. The van der Waals surface area contributed by atoms with Gasteiger partial charge in [-0.05, 0) is 36.4 Å². The molecule has 8 nitrogen and oxygen atoms in total. The topological polar surface area (TPSA) is 118 Å². The lowest BCUT2D eigenvalue weighted by molar-refractivity contribution is -0.143. The standard InChI is InChI=1S/C17H7Cl2F4N5O3S/c18-9-2-3-10(19)13(6-9)32(30,31)26-16(29)14-15(17(21,22)23)28(27-25-14)12-4-1-8(7-24)5-11(12)20/h1-6H,(H,26,29). The Labute approximate surface area is 187 Å². The Morgan fingerprint density at radius 3 is 2.44 bits per heavy atom. The number of benzene rings is 2. The molecule has 0 spiro atoms. The molecule has 0 aliphatic rings. The highest BCUT2D eigenvalue weighted by Gasteiger charge is 2.43. The second-order valence-electron chi connectivity index (χ2n) is 5.98. The molecule has 1 aromatic heterocycles. The van der Waals surface area contributed by atoms with Gasteiger partial charge in [-0.3, -0.25) is 4.79 Å². The van der Waals surface area contributed by atoms with Gasteiger partial charge in [-0.2, -0.15) is 18.4 Å². The molecule has 0 atom stereocenters. The first-order chi connectivity index (χ1) is 14.8. The summed E-state index contributed by atoms with van der Waals surface area (Å²) in [6, 6.07) is 7.34. The van der Waals surface area contributed by atoms with E-state index in [2.05, 4.69) is 10.3 Å². The van der Waals surface area contributed by atoms with Crippen molar-refractivity contribution in [3.05, 3.63) is 69.2 Å². The minimum Gasteiger partial charge on any atom is -0.266 e. The molecule has 15 heteroatoms. The number of nitrogens with zero attached hydrogens (tertiary/aromatic N) is 4. The Bertz CT molecular complexity index is 1380. The SMILES string of the molecule is N#Cc1ccc(-n2nnc(C(=O)NS(=O)(=O)c3cc(Cl)ccc3Cl)c2C(F)(F)F)c(F)c1. The maximum Gasteiger partial charge on any atom is 0.435 e. The van der Waals surface area contributed by atoms with Crippen LogP contribution in [0.15, 0.2) is 41.3 Å². The van der Waals surface area contributed by atoms with Gasteiger partial charge in [0.25, 0.3) is 15.9 Å². The van der Waals surface area contributed by atoms with E-state index < -0.39 is 49.9 Å². The van der Waals surface area contributed by atoms with Gasteiger partial charge < -0.3 is 0 Å². The fourth-order valence-electron chi connectivity index (χ4n) is 2.51. The third kappa shape index (κ3) is 4.52. The minimum atomic E-state index is -5.30. The Balaban J connectivity index is 2.08. The number of amides is 1. The lowest BCUT2D eigenvalue weighted by atomic mass is 10.2. The molecular weight excluding hydrogens is 501 g/mol. The molecule has 0 radical (unpaired) electrons. The zero-order chi connectivity index (χ0) is 23.8. The Hall–Kier alpha value is -3.21. The van der Waals surface area contributed by atoms with E-state index in [1.807, 2.05) is 0 Å². The number of hydrogen-bond donors (Lipinski definition) is 1. The second kappa shape index (κ2) is 8.38. The van der Waals surface area contributed by atoms with E-state index in [4.69, 9.17) is 28.5 Å². The number of aromatic nitrogens is 3. The highest BCUT2D eigenvalue weighted by molar-refractivity contribution is 7.90. The zero-order valence-electron chi connectivity index (χ0n) is 15.2. The van der Waals surface area contributed by atoms with E-state index in [0.29, 0.717) is 6.07 Å². The van der Waals surface area contributed by atoms with Crippen LogP contribution in [-0.2, 0) is 16.2 Å². The van der Waals surface area contributed by atoms with Gasteiger partial charge in [-0.25, -0.2) is 22.2 Å². The number of rotatable bonds is 4. The summed E-state index contributed by atoms with van der Waals surface area (Å²) in [6.07, 6.45) is -5.30. The molecule has 0 aliphatic carbocycles. The predicted molar refractivity (Wildman–Crippen MR) is 102 cm³/mol. The molecule has 0 fully saturated rings. The number of hydrogen-bond acceptors (Lipinski definition) is 6. The number of sulfonamides is 1. The highest BCUT2D eigenvalue weighted by atomic mass is 35.5. The van der Waals surface area contributed by atoms with Gasteiger partial charge >= 0.3 is 6.18 Å². The van der Waals surface area contributed by atoms with Crippen molar-refractivity contribution in [2.75, 3.05) is 0 Å². The van der Waals surface area contributed by atoms with Crippen LogP contribution in [0.2, 0.25) is 10.0 Å². The maximum absolute atomic E-state index is 14.2. The van der Waals surface area contributed by atoms with Crippen molar-refractivity contribution < 1.29 is 30.8 Å². The number of nitrogens with one attached hydrogen (secondary N) is 1. The maximum atomic E-state index is 14.2. The molecule has 32 heavy (non-hydrogen) atoms. The Morgan fingerprint density at radius 2 is 1.84 bits per heavy atom. The number of alkyl halides is 3. The monoisotopic (exact) mass is 507 g/mol. The Morgan fingerprint density at radius 1 is 1.16 bits per heavy atom. The third-order valence-electron chi connectivity index (χ3n) is 3.87. The summed E-state index contributed by atoms with van der Waals surface area (Å²) in [7, 11) is -4.77. The summed E-state index contributed by atoms with van der Waals surface area (Å²) in [4.78, 5) is 11.7. The summed E-state index contributed by atoms with van der Waals surface area (Å²) in [5.41, 5.74) is -4.24. The summed E-state index contributed by atoms with van der Waals surface area (Å²) in [5.74, 6) is -3.06. The van der Waals surface area contributed by atoms with Crippen molar-refractivity contribution in [1.82, 2.24) is 19.7 Å². The van der Waals surface area contributed by atoms with Crippen molar-refractivity contribution in [1.29, 1.82) is 5.26 Å². The van der Waals surface area contributed by atoms with Crippen LogP contribution in [0.25, 0.3) is 5.69 Å². The van der Waals surface area contributed by atoms with Crippen molar-refractivity contribution in [3.8, 4) is 11.8 Å². The van der Waals surface area contributed by atoms with E-state index in [1.165, 1.54) is 10.8 Å². The van der Waals surface area contributed by atoms with E-state index in [1.54, 1.807) is 6.07 Å². The number of carbonyl (C=O) groups is 1. The lowest BCUT2D eigenvalue weighted by Gasteiger charge is -2.12.